The van der Waals surface area contributed by atoms with E-state index in [-0.39, 0.29) is 6.10 Å². The van der Waals surface area contributed by atoms with Crippen LogP contribution < -0.4 is 5.32 Å². The second-order valence-corrected chi connectivity index (χ2v) is 5.71. The van der Waals surface area contributed by atoms with Gasteiger partial charge in [-0.3, -0.25) is 0 Å². The Kier molecular flexibility index (Phi) is 3.16. The zero-order valence-corrected chi connectivity index (χ0v) is 12.2. The number of halogens is 1. The first-order valence-corrected chi connectivity index (χ1v) is 7.46. The third kappa shape index (κ3) is 2.32. The third-order valence-corrected chi connectivity index (χ3v) is 4.10. The summed E-state index contributed by atoms with van der Waals surface area (Å²) in [4.78, 5) is 12.1. The summed E-state index contributed by atoms with van der Waals surface area (Å²) in [5.41, 5.74) is 2.81. The van der Waals surface area contributed by atoms with Gasteiger partial charge in [-0.15, -0.1) is 0 Å². The molecule has 3 aromatic rings. The summed E-state index contributed by atoms with van der Waals surface area (Å²) in [6, 6.07) is 5.75. The van der Waals surface area contributed by atoms with E-state index in [9.17, 15) is 0 Å². The first-order valence-electron chi connectivity index (χ1n) is 7.09. The topological polar surface area (TPSA) is 62.8 Å². The summed E-state index contributed by atoms with van der Waals surface area (Å²) in [6.07, 6.45) is 4.09. The highest BCUT2D eigenvalue weighted by molar-refractivity contribution is 6.31. The highest BCUT2D eigenvalue weighted by Crippen LogP contribution is 2.29. The Morgan fingerprint density at radius 1 is 1.38 bits per heavy atom. The molecule has 3 heterocycles. The average Bonchev–Trinajstić information content (AvgIpc) is 3.12. The number of rotatable bonds is 3. The van der Waals surface area contributed by atoms with Gasteiger partial charge in [0.1, 0.15) is 17.4 Å². The highest BCUT2D eigenvalue weighted by atomic mass is 35.5. The molecule has 0 saturated carbocycles. The molecule has 1 saturated heterocycles. The summed E-state index contributed by atoms with van der Waals surface area (Å²) in [5.74, 6) is 0.808. The SMILES string of the molecule is Clc1ccc2[nH]c3c(NC[C@H]4CCCO4)ncnc3c2c1. The van der Waals surface area contributed by atoms with Gasteiger partial charge >= 0.3 is 0 Å². The lowest BCUT2D eigenvalue weighted by Crippen LogP contribution is -2.19. The number of H-pyrrole nitrogens is 1. The van der Waals surface area contributed by atoms with Gasteiger partial charge in [0.25, 0.3) is 0 Å². The minimum absolute atomic E-state index is 0.272. The lowest BCUT2D eigenvalue weighted by atomic mass is 10.2. The largest absolute Gasteiger partial charge is 0.376 e. The molecular formula is C15H15ClN4O. The van der Waals surface area contributed by atoms with Crippen LogP contribution >= 0.6 is 11.6 Å². The Bertz CT molecular complexity index is 795. The van der Waals surface area contributed by atoms with Crippen molar-refractivity contribution in [3.8, 4) is 0 Å². The fraction of sp³-hybridized carbons (Fsp3) is 0.333. The van der Waals surface area contributed by atoms with E-state index in [1.54, 1.807) is 6.33 Å². The molecule has 1 fully saturated rings. The number of hydrogen-bond donors (Lipinski definition) is 2. The van der Waals surface area contributed by atoms with Gasteiger partial charge in [-0.05, 0) is 31.0 Å². The smallest absolute Gasteiger partial charge is 0.153 e. The molecular weight excluding hydrogens is 288 g/mol. The van der Waals surface area contributed by atoms with E-state index in [1.165, 1.54) is 0 Å². The fourth-order valence-corrected chi connectivity index (χ4v) is 2.99. The Labute approximate surface area is 126 Å². The van der Waals surface area contributed by atoms with E-state index in [4.69, 9.17) is 16.3 Å². The highest BCUT2D eigenvalue weighted by Gasteiger charge is 2.16. The zero-order chi connectivity index (χ0) is 14.2. The van der Waals surface area contributed by atoms with Crippen molar-refractivity contribution in [3.63, 3.8) is 0 Å². The molecule has 5 nitrogen and oxygen atoms in total. The summed E-state index contributed by atoms with van der Waals surface area (Å²) in [6.45, 7) is 1.62. The lowest BCUT2D eigenvalue weighted by molar-refractivity contribution is 0.120. The number of anilines is 1. The molecule has 6 heteroatoms. The molecule has 0 spiro atoms. The van der Waals surface area contributed by atoms with E-state index < -0.39 is 0 Å². The Morgan fingerprint density at radius 3 is 3.19 bits per heavy atom. The van der Waals surface area contributed by atoms with E-state index in [0.717, 1.165) is 53.7 Å². The van der Waals surface area contributed by atoms with Crippen LogP contribution in [-0.2, 0) is 4.74 Å². The average molecular weight is 303 g/mol. The number of nitrogens with zero attached hydrogens (tertiary/aromatic N) is 2. The van der Waals surface area contributed by atoms with Crippen LogP contribution in [0.15, 0.2) is 24.5 Å². The number of aromatic amines is 1. The third-order valence-electron chi connectivity index (χ3n) is 3.86. The number of benzene rings is 1. The summed E-state index contributed by atoms with van der Waals surface area (Å²) in [7, 11) is 0. The number of ether oxygens (including phenoxy) is 1. The van der Waals surface area contributed by atoms with Gasteiger partial charge in [0.05, 0.1) is 6.10 Å². The molecule has 1 aromatic carbocycles. The predicted octanol–water partition coefficient (Wildman–Crippen LogP) is 3.36. The van der Waals surface area contributed by atoms with Crippen molar-refractivity contribution in [3.05, 3.63) is 29.5 Å². The van der Waals surface area contributed by atoms with Crippen LogP contribution in [0.2, 0.25) is 5.02 Å². The van der Waals surface area contributed by atoms with Crippen molar-refractivity contribution in [2.24, 2.45) is 0 Å². The van der Waals surface area contributed by atoms with Crippen LogP contribution in [0.1, 0.15) is 12.8 Å². The molecule has 4 rings (SSSR count). The van der Waals surface area contributed by atoms with Gasteiger partial charge in [-0.1, -0.05) is 11.6 Å². The van der Waals surface area contributed by atoms with Crippen molar-refractivity contribution in [1.82, 2.24) is 15.0 Å². The molecule has 0 bridgehead atoms. The van der Waals surface area contributed by atoms with Gasteiger partial charge in [0.15, 0.2) is 5.82 Å². The number of hydrogen-bond acceptors (Lipinski definition) is 4. The van der Waals surface area contributed by atoms with Gasteiger partial charge < -0.3 is 15.0 Å². The number of fused-ring (bicyclic) bond motifs is 3. The van der Waals surface area contributed by atoms with Gasteiger partial charge in [0, 0.05) is 29.1 Å². The van der Waals surface area contributed by atoms with Crippen molar-refractivity contribution in [2.45, 2.75) is 18.9 Å². The lowest BCUT2D eigenvalue weighted by Gasteiger charge is -2.11. The van der Waals surface area contributed by atoms with E-state index in [0.29, 0.717) is 5.02 Å². The minimum Gasteiger partial charge on any atom is -0.376 e. The maximum atomic E-state index is 6.07. The Hall–Kier alpha value is -1.85. The van der Waals surface area contributed by atoms with Gasteiger partial charge in [-0.2, -0.15) is 0 Å². The predicted molar refractivity (Wildman–Crippen MR) is 83.9 cm³/mol. The maximum absolute atomic E-state index is 6.07. The normalized spacial score (nSPS) is 18.6. The quantitative estimate of drug-likeness (QED) is 0.779. The first-order chi connectivity index (χ1) is 10.3. The second-order valence-electron chi connectivity index (χ2n) is 5.28. The molecule has 1 aliphatic rings. The van der Waals surface area contributed by atoms with Crippen molar-refractivity contribution in [1.29, 1.82) is 0 Å². The summed E-state index contributed by atoms with van der Waals surface area (Å²) in [5, 5.41) is 5.08. The number of nitrogens with one attached hydrogen (secondary N) is 2. The number of aromatic nitrogens is 3. The monoisotopic (exact) mass is 302 g/mol. The zero-order valence-electron chi connectivity index (χ0n) is 11.4. The van der Waals surface area contributed by atoms with E-state index in [2.05, 4.69) is 20.3 Å². The maximum Gasteiger partial charge on any atom is 0.153 e. The van der Waals surface area contributed by atoms with Crippen LogP contribution in [0.5, 0.6) is 0 Å². The van der Waals surface area contributed by atoms with Crippen molar-refractivity contribution in [2.75, 3.05) is 18.5 Å². The molecule has 1 aliphatic heterocycles. The molecule has 2 aromatic heterocycles. The van der Waals surface area contributed by atoms with Crippen LogP contribution in [0.25, 0.3) is 21.9 Å². The second kappa shape index (κ2) is 5.16. The Balaban J connectivity index is 1.73. The van der Waals surface area contributed by atoms with Gasteiger partial charge in [0.2, 0.25) is 0 Å². The molecule has 2 N–H and O–H groups in total. The van der Waals surface area contributed by atoms with Crippen molar-refractivity contribution < 1.29 is 4.74 Å². The van der Waals surface area contributed by atoms with E-state index in [1.807, 2.05) is 18.2 Å². The van der Waals surface area contributed by atoms with Crippen LogP contribution in [-0.4, -0.2) is 34.2 Å². The molecule has 0 radical (unpaired) electrons. The molecule has 1 atom stereocenters. The van der Waals surface area contributed by atoms with Crippen molar-refractivity contribution >= 4 is 39.4 Å². The van der Waals surface area contributed by atoms with Crippen LogP contribution in [0, 0.1) is 0 Å². The standard InChI is InChI=1S/C15H15ClN4O/c16-9-3-4-12-11(6-9)13-14(20-12)15(19-8-18-13)17-7-10-2-1-5-21-10/h3-4,6,8,10,20H,1-2,5,7H2,(H,17,18,19)/t10-/m1/s1. The van der Waals surface area contributed by atoms with E-state index >= 15 is 0 Å². The molecule has 0 aliphatic carbocycles. The Morgan fingerprint density at radius 2 is 2.33 bits per heavy atom. The van der Waals surface area contributed by atoms with Crippen LogP contribution in [0.3, 0.4) is 0 Å². The van der Waals surface area contributed by atoms with Gasteiger partial charge in [-0.25, -0.2) is 9.97 Å². The minimum atomic E-state index is 0.272. The molecule has 0 unspecified atom stereocenters. The fourth-order valence-electron chi connectivity index (χ4n) is 2.81. The molecule has 21 heavy (non-hydrogen) atoms. The molecule has 108 valence electrons. The van der Waals surface area contributed by atoms with Crippen LogP contribution in [0.4, 0.5) is 5.82 Å². The summed E-state index contributed by atoms with van der Waals surface area (Å²) >= 11 is 6.07. The molecule has 0 amide bonds. The summed E-state index contributed by atoms with van der Waals surface area (Å²) < 4.78 is 5.63. The first kappa shape index (κ1) is 12.9.